The number of halogens is 3. The maximum Gasteiger partial charge on any atom is 0.347 e. The summed E-state index contributed by atoms with van der Waals surface area (Å²) in [6.45, 7) is 0. The fraction of sp³-hybridized carbons (Fsp3) is 0.375. The van der Waals surface area contributed by atoms with Gasteiger partial charge in [-0.2, -0.15) is 8.78 Å². The van der Waals surface area contributed by atoms with E-state index in [0.717, 1.165) is 0 Å². The first-order valence-electron chi connectivity index (χ1n) is 3.64. The molecule has 0 amide bonds. The van der Waals surface area contributed by atoms with Crippen molar-refractivity contribution < 1.29 is 13.9 Å². The molecule has 5 heteroatoms. The molecule has 2 nitrogen and oxygen atoms in total. The summed E-state index contributed by atoms with van der Waals surface area (Å²) < 4.78 is 24.6. The van der Waals surface area contributed by atoms with Crippen LogP contribution in [0, 0.1) is 0 Å². The molecule has 1 heterocycles. The molecule has 0 radical (unpaired) electrons. The van der Waals surface area contributed by atoms with E-state index in [4.69, 9.17) is 5.11 Å². The third-order valence-electron chi connectivity index (χ3n) is 1.53. The first-order chi connectivity index (χ1) is 6.00. The Hall–Kier alpha value is -0.740. The highest BCUT2D eigenvalue weighted by Crippen LogP contribution is 2.25. The number of hydrogen-bond donors (Lipinski definition) is 1. The van der Waals surface area contributed by atoms with Gasteiger partial charge in [-0.25, -0.2) is 0 Å². The van der Waals surface area contributed by atoms with Crippen molar-refractivity contribution in [2.24, 2.45) is 0 Å². The van der Waals surface area contributed by atoms with Crippen molar-refractivity contribution >= 4 is 11.6 Å². The van der Waals surface area contributed by atoms with Crippen LogP contribution < -0.4 is 0 Å². The van der Waals surface area contributed by atoms with Crippen molar-refractivity contribution in [3.8, 4) is 0 Å². The molecule has 0 spiro atoms. The minimum atomic E-state index is -3.59. The zero-order valence-electron chi connectivity index (χ0n) is 6.62. The molecule has 0 fully saturated rings. The highest BCUT2D eigenvalue weighted by atomic mass is 35.5. The van der Waals surface area contributed by atoms with Crippen molar-refractivity contribution in [1.82, 2.24) is 4.98 Å². The fourth-order valence-electron chi connectivity index (χ4n) is 0.858. The summed E-state index contributed by atoms with van der Waals surface area (Å²) in [4.78, 5) is 3.72. The Labute approximate surface area is 79.2 Å². The Kier molecular flexibility index (Phi) is 3.17. The monoisotopic (exact) mass is 207 g/mol. The number of aliphatic hydroxyl groups is 1. The van der Waals surface area contributed by atoms with Crippen LogP contribution in [0.15, 0.2) is 24.5 Å². The van der Waals surface area contributed by atoms with Crippen molar-refractivity contribution in [3.63, 3.8) is 0 Å². The van der Waals surface area contributed by atoms with Gasteiger partial charge in [0.15, 0.2) is 0 Å². The van der Waals surface area contributed by atoms with Crippen molar-refractivity contribution in [1.29, 1.82) is 0 Å². The number of aromatic nitrogens is 1. The molecule has 0 bridgehead atoms. The second-order valence-electron chi connectivity index (χ2n) is 2.62. The molecule has 13 heavy (non-hydrogen) atoms. The quantitative estimate of drug-likeness (QED) is 0.767. The van der Waals surface area contributed by atoms with Crippen LogP contribution in [0.1, 0.15) is 5.56 Å². The van der Waals surface area contributed by atoms with E-state index < -0.39 is 11.5 Å². The van der Waals surface area contributed by atoms with Gasteiger partial charge in [0.25, 0.3) is 0 Å². The molecule has 0 saturated carbocycles. The predicted molar refractivity (Wildman–Crippen MR) is 44.7 cm³/mol. The van der Waals surface area contributed by atoms with Gasteiger partial charge < -0.3 is 5.11 Å². The summed E-state index contributed by atoms with van der Waals surface area (Å²) in [5.41, 5.74) is 0.523. The highest BCUT2D eigenvalue weighted by Gasteiger charge is 2.35. The van der Waals surface area contributed by atoms with Gasteiger partial charge >= 0.3 is 5.38 Å². The summed E-state index contributed by atoms with van der Waals surface area (Å²) in [5, 5.41) is 5.34. The second kappa shape index (κ2) is 3.98. The van der Waals surface area contributed by atoms with Gasteiger partial charge in [-0.1, -0.05) is 6.07 Å². The van der Waals surface area contributed by atoms with Gasteiger partial charge in [0.2, 0.25) is 0 Å². The van der Waals surface area contributed by atoms with Crippen LogP contribution >= 0.6 is 11.6 Å². The van der Waals surface area contributed by atoms with E-state index in [-0.39, 0.29) is 6.42 Å². The number of alkyl halides is 3. The molecule has 0 aliphatic rings. The number of aliphatic hydroxyl groups excluding tert-OH is 1. The molecule has 0 aliphatic carbocycles. The first-order valence-corrected chi connectivity index (χ1v) is 4.01. The van der Waals surface area contributed by atoms with Crippen LogP contribution in [0.25, 0.3) is 0 Å². The molecule has 0 aliphatic heterocycles. The second-order valence-corrected chi connectivity index (χ2v) is 3.13. The molecule has 72 valence electrons. The van der Waals surface area contributed by atoms with E-state index in [1.807, 2.05) is 0 Å². The smallest absolute Gasteiger partial charge is 0.347 e. The summed E-state index contributed by atoms with van der Waals surface area (Å²) in [6.07, 6.45) is 0.851. The zero-order valence-corrected chi connectivity index (χ0v) is 7.38. The Morgan fingerprint density at radius 3 is 2.77 bits per heavy atom. The lowest BCUT2D eigenvalue weighted by Crippen LogP contribution is -2.29. The van der Waals surface area contributed by atoms with E-state index in [1.54, 1.807) is 12.1 Å². The summed E-state index contributed by atoms with van der Waals surface area (Å²) in [6, 6.07) is 3.20. The predicted octanol–water partition coefficient (Wildman–Crippen LogP) is 1.82. The molecular weight excluding hydrogens is 200 g/mol. The Morgan fingerprint density at radius 2 is 2.31 bits per heavy atom. The van der Waals surface area contributed by atoms with E-state index in [9.17, 15) is 8.78 Å². The lowest BCUT2D eigenvalue weighted by molar-refractivity contribution is -0.0398. The largest absolute Gasteiger partial charge is 0.385 e. The van der Waals surface area contributed by atoms with Gasteiger partial charge in [0.05, 0.1) is 0 Å². The fourth-order valence-corrected chi connectivity index (χ4v) is 0.935. The third-order valence-corrected chi connectivity index (χ3v) is 1.78. The molecular formula is C8H8ClF2NO. The lowest BCUT2D eigenvalue weighted by atomic mass is 10.1. The standard InChI is InChI=1S/C8H8ClF2NO/c9-8(10,11)7(13)4-6-2-1-3-12-5-6/h1-3,5,7,13H,4H2. The first kappa shape index (κ1) is 10.3. The summed E-state index contributed by atoms with van der Waals surface area (Å²) >= 11 is 4.63. The zero-order chi connectivity index (χ0) is 9.90. The van der Waals surface area contributed by atoms with Gasteiger partial charge in [0, 0.05) is 18.8 Å². The maximum atomic E-state index is 12.3. The molecule has 1 aromatic rings. The van der Waals surface area contributed by atoms with E-state index in [0.29, 0.717) is 5.56 Å². The molecule has 1 rings (SSSR count). The molecule has 1 unspecified atom stereocenters. The topological polar surface area (TPSA) is 33.1 Å². The lowest BCUT2D eigenvalue weighted by Gasteiger charge is -2.15. The van der Waals surface area contributed by atoms with Gasteiger partial charge in [-0.3, -0.25) is 4.98 Å². The normalized spacial score (nSPS) is 14.2. The molecule has 1 atom stereocenters. The van der Waals surface area contributed by atoms with Gasteiger partial charge in [-0.05, 0) is 23.2 Å². The van der Waals surface area contributed by atoms with Crippen molar-refractivity contribution in [2.75, 3.05) is 0 Å². The minimum absolute atomic E-state index is 0.204. The maximum absolute atomic E-state index is 12.3. The Bertz CT molecular complexity index is 263. The van der Waals surface area contributed by atoms with Crippen molar-refractivity contribution in [2.45, 2.75) is 17.9 Å². The van der Waals surface area contributed by atoms with Crippen LogP contribution in [-0.4, -0.2) is 21.6 Å². The Morgan fingerprint density at radius 1 is 1.62 bits per heavy atom. The van der Waals surface area contributed by atoms with Crippen LogP contribution in [0.3, 0.4) is 0 Å². The van der Waals surface area contributed by atoms with Crippen LogP contribution in [0.2, 0.25) is 0 Å². The number of rotatable bonds is 3. The van der Waals surface area contributed by atoms with E-state index >= 15 is 0 Å². The molecule has 0 aromatic carbocycles. The molecule has 1 aromatic heterocycles. The minimum Gasteiger partial charge on any atom is -0.385 e. The third kappa shape index (κ3) is 3.24. The Balaban J connectivity index is 2.61. The molecule has 1 N–H and O–H groups in total. The van der Waals surface area contributed by atoms with Crippen LogP contribution in [0.5, 0.6) is 0 Å². The number of pyridine rings is 1. The average molecular weight is 208 g/mol. The summed E-state index contributed by atoms with van der Waals surface area (Å²) in [5.74, 6) is 0. The highest BCUT2D eigenvalue weighted by molar-refractivity contribution is 6.22. The van der Waals surface area contributed by atoms with Crippen LogP contribution in [0.4, 0.5) is 8.78 Å². The van der Waals surface area contributed by atoms with Crippen molar-refractivity contribution in [3.05, 3.63) is 30.1 Å². The van der Waals surface area contributed by atoms with Crippen LogP contribution in [-0.2, 0) is 6.42 Å². The average Bonchev–Trinajstić information content (AvgIpc) is 2.04. The number of hydrogen-bond acceptors (Lipinski definition) is 2. The van der Waals surface area contributed by atoms with Gasteiger partial charge in [-0.15, -0.1) is 0 Å². The molecule has 0 saturated heterocycles. The van der Waals surface area contributed by atoms with E-state index in [1.165, 1.54) is 12.4 Å². The van der Waals surface area contributed by atoms with E-state index in [2.05, 4.69) is 16.6 Å². The van der Waals surface area contributed by atoms with Gasteiger partial charge in [0.1, 0.15) is 6.10 Å². The summed E-state index contributed by atoms with van der Waals surface area (Å²) in [7, 11) is 0. The number of nitrogens with zero attached hydrogens (tertiary/aromatic N) is 1. The SMILES string of the molecule is OC(Cc1cccnc1)C(F)(F)Cl.